The second-order valence-electron chi connectivity index (χ2n) is 6.05. The Kier molecular flexibility index (Phi) is 7.24. The van der Waals surface area contributed by atoms with Crippen molar-refractivity contribution in [2.24, 2.45) is 0 Å². The Hall–Kier alpha value is -2.78. The summed E-state index contributed by atoms with van der Waals surface area (Å²) >= 11 is 0. The van der Waals surface area contributed by atoms with Gasteiger partial charge in [0.15, 0.2) is 0 Å². The molecular formula is C19H22FN3O4S. The summed E-state index contributed by atoms with van der Waals surface area (Å²) in [6, 6.07) is 10.9. The summed E-state index contributed by atoms with van der Waals surface area (Å²) < 4.78 is 40.2. The number of anilines is 1. The van der Waals surface area contributed by atoms with Crippen LogP contribution in [0.1, 0.15) is 19.4 Å². The lowest BCUT2D eigenvalue weighted by molar-refractivity contribution is -0.125. The van der Waals surface area contributed by atoms with Crippen LogP contribution in [0.3, 0.4) is 0 Å². The van der Waals surface area contributed by atoms with Crippen LogP contribution in [0.2, 0.25) is 0 Å². The summed E-state index contributed by atoms with van der Waals surface area (Å²) in [6.45, 7) is 2.93. The largest absolute Gasteiger partial charge is 0.346 e. The Morgan fingerprint density at radius 2 is 1.71 bits per heavy atom. The lowest BCUT2D eigenvalue weighted by atomic mass is 10.1. The van der Waals surface area contributed by atoms with Crippen molar-refractivity contribution in [1.82, 2.24) is 10.0 Å². The molecule has 0 aliphatic rings. The highest BCUT2D eigenvalue weighted by Crippen LogP contribution is 2.15. The first-order chi connectivity index (χ1) is 13.2. The predicted octanol–water partition coefficient (Wildman–Crippen LogP) is 1.81. The van der Waals surface area contributed by atoms with Crippen molar-refractivity contribution >= 4 is 27.5 Å². The average Bonchev–Trinajstić information content (AvgIpc) is 2.66. The topological polar surface area (TPSA) is 104 Å². The number of carbonyl (C=O) groups excluding carboxylic acids is 2. The van der Waals surface area contributed by atoms with E-state index in [-0.39, 0.29) is 6.54 Å². The molecule has 0 saturated carbocycles. The highest BCUT2D eigenvalue weighted by Gasteiger charge is 2.24. The fourth-order valence-corrected chi connectivity index (χ4v) is 3.76. The molecule has 0 aromatic heterocycles. The van der Waals surface area contributed by atoms with Crippen molar-refractivity contribution in [3.8, 4) is 0 Å². The quantitative estimate of drug-likeness (QED) is 0.621. The molecule has 0 saturated heterocycles. The van der Waals surface area contributed by atoms with Gasteiger partial charge in [0.05, 0.1) is 12.6 Å². The Labute approximate surface area is 163 Å². The molecule has 0 heterocycles. The number of rotatable bonds is 8. The van der Waals surface area contributed by atoms with Gasteiger partial charge in [0.2, 0.25) is 21.8 Å². The van der Waals surface area contributed by atoms with Gasteiger partial charge in [0.25, 0.3) is 0 Å². The number of aryl methyl sites for hydroxylation is 1. The van der Waals surface area contributed by atoms with Crippen LogP contribution < -0.4 is 15.4 Å². The second-order valence-corrected chi connectivity index (χ2v) is 7.73. The Bertz CT molecular complexity index is 963. The van der Waals surface area contributed by atoms with Crippen LogP contribution in [-0.4, -0.2) is 32.8 Å². The van der Waals surface area contributed by atoms with E-state index in [0.29, 0.717) is 5.69 Å². The van der Waals surface area contributed by atoms with Crippen molar-refractivity contribution in [2.45, 2.75) is 31.2 Å². The van der Waals surface area contributed by atoms with Crippen LogP contribution in [0, 0.1) is 5.82 Å². The standard InChI is InChI=1S/C19H22FN3O4S/c1-3-14-8-4-6-10-16(14)22-18(24)12-21-19(25)13(2)23-28(26,27)17-11-7-5-9-15(17)20/h4-11,13,23H,3,12H2,1-2H3,(H,21,25)(H,22,24)/t13-/m1/s1. The van der Waals surface area contributed by atoms with Crippen LogP contribution in [0.4, 0.5) is 10.1 Å². The Morgan fingerprint density at radius 1 is 1.07 bits per heavy atom. The molecule has 3 N–H and O–H groups in total. The Balaban J connectivity index is 1.92. The van der Waals surface area contributed by atoms with Crippen LogP contribution in [-0.2, 0) is 26.0 Å². The van der Waals surface area contributed by atoms with Gasteiger partial charge in [-0.15, -0.1) is 0 Å². The monoisotopic (exact) mass is 407 g/mol. The SMILES string of the molecule is CCc1ccccc1NC(=O)CNC(=O)[C@@H](C)NS(=O)(=O)c1ccccc1F. The zero-order chi connectivity index (χ0) is 20.7. The fourth-order valence-electron chi connectivity index (χ4n) is 2.48. The van der Waals surface area contributed by atoms with E-state index in [9.17, 15) is 22.4 Å². The first kappa shape index (κ1) is 21.5. The van der Waals surface area contributed by atoms with Crippen molar-refractivity contribution in [1.29, 1.82) is 0 Å². The molecule has 2 aromatic rings. The van der Waals surface area contributed by atoms with Gasteiger partial charge in [-0.05, 0) is 37.1 Å². The van der Waals surface area contributed by atoms with Gasteiger partial charge in [-0.1, -0.05) is 37.3 Å². The maximum atomic E-state index is 13.7. The van der Waals surface area contributed by atoms with Crippen molar-refractivity contribution < 1.29 is 22.4 Å². The predicted molar refractivity (Wildman–Crippen MR) is 104 cm³/mol. The summed E-state index contributed by atoms with van der Waals surface area (Å²) in [7, 11) is -4.22. The molecule has 0 aliphatic carbocycles. The van der Waals surface area contributed by atoms with E-state index in [1.54, 1.807) is 12.1 Å². The van der Waals surface area contributed by atoms with Crippen LogP contribution >= 0.6 is 0 Å². The number of benzene rings is 2. The van der Waals surface area contributed by atoms with Gasteiger partial charge < -0.3 is 10.6 Å². The van der Waals surface area contributed by atoms with Gasteiger partial charge in [-0.25, -0.2) is 12.8 Å². The molecule has 1 atom stereocenters. The van der Waals surface area contributed by atoms with E-state index in [1.165, 1.54) is 19.1 Å². The summed E-state index contributed by atoms with van der Waals surface area (Å²) in [6.07, 6.45) is 0.734. The minimum Gasteiger partial charge on any atom is -0.346 e. The number of nitrogens with one attached hydrogen (secondary N) is 3. The van der Waals surface area contributed by atoms with Crippen molar-refractivity contribution in [3.05, 3.63) is 59.9 Å². The third kappa shape index (κ3) is 5.61. The van der Waals surface area contributed by atoms with Gasteiger partial charge in [-0.3, -0.25) is 9.59 Å². The van der Waals surface area contributed by atoms with Crippen LogP contribution in [0.5, 0.6) is 0 Å². The molecule has 0 bridgehead atoms. The lowest BCUT2D eigenvalue weighted by Gasteiger charge is -2.15. The number of hydrogen-bond donors (Lipinski definition) is 3. The zero-order valence-corrected chi connectivity index (χ0v) is 16.3. The first-order valence-corrected chi connectivity index (χ1v) is 10.1. The van der Waals surface area contributed by atoms with Crippen molar-refractivity contribution in [3.63, 3.8) is 0 Å². The van der Waals surface area contributed by atoms with Crippen LogP contribution in [0.15, 0.2) is 53.4 Å². The normalized spacial score (nSPS) is 12.2. The summed E-state index contributed by atoms with van der Waals surface area (Å²) in [5.74, 6) is -2.08. The molecule has 0 aliphatic heterocycles. The number of sulfonamides is 1. The molecule has 9 heteroatoms. The molecule has 7 nitrogen and oxygen atoms in total. The lowest BCUT2D eigenvalue weighted by Crippen LogP contribution is -2.46. The summed E-state index contributed by atoms with van der Waals surface area (Å²) in [4.78, 5) is 23.6. The molecule has 28 heavy (non-hydrogen) atoms. The zero-order valence-electron chi connectivity index (χ0n) is 15.5. The maximum absolute atomic E-state index is 13.7. The van der Waals surface area contributed by atoms with E-state index < -0.39 is 38.6 Å². The second kappa shape index (κ2) is 9.43. The van der Waals surface area contributed by atoms with Crippen LogP contribution in [0.25, 0.3) is 0 Å². The number of amides is 2. The molecule has 2 amide bonds. The molecule has 0 radical (unpaired) electrons. The van der Waals surface area contributed by atoms with E-state index in [2.05, 4.69) is 15.4 Å². The van der Waals surface area contributed by atoms with E-state index in [1.807, 2.05) is 19.1 Å². The fraction of sp³-hybridized carbons (Fsp3) is 0.263. The number of para-hydroxylation sites is 1. The molecule has 0 unspecified atom stereocenters. The van der Waals surface area contributed by atoms with Gasteiger partial charge in [-0.2, -0.15) is 4.72 Å². The molecule has 0 spiro atoms. The Morgan fingerprint density at radius 3 is 2.39 bits per heavy atom. The number of hydrogen-bond acceptors (Lipinski definition) is 4. The van der Waals surface area contributed by atoms with E-state index in [4.69, 9.17) is 0 Å². The van der Waals surface area contributed by atoms with Crippen molar-refractivity contribution in [2.75, 3.05) is 11.9 Å². The van der Waals surface area contributed by atoms with Gasteiger partial charge in [0, 0.05) is 5.69 Å². The van der Waals surface area contributed by atoms with E-state index in [0.717, 1.165) is 24.1 Å². The third-order valence-corrected chi connectivity index (χ3v) is 5.52. The van der Waals surface area contributed by atoms with Gasteiger partial charge in [0.1, 0.15) is 10.7 Å². The minimum atomic E-state index is -4.22. The molecule has 2 aromatic carbocycles. The average molecular weight is 407 g/mol. The smallest absolute Gasteiger partial charge is 0.244 e. The highest BCUT2D eigenvalue weighted by molar-refractivity contribution is 7.89. The third-order valence-electron chi connectivity index (χ3n) is 3.95. The summed E-state index contributed by atoms with van der Waals surface area (Å²) in [5, 5.41) is 5.05. The summed E-state index contributed by atoms with van der Waals surface area (Å²) in [5.41, 5.74) is 1.60. The molecule has 0 fully saturated rings. The first-order valence-electron chi connectivity index (χ1n) is 8.67. The maximum Gasteiger partial charge on any atom is 0.244 e. The highest BCUT2D eigenvalue weighted by atomic mass is 32.2. The molecule has 150 valence electrons. The number of carbonyl (C=O) groups is 2. The van der Waals surface area contributed by atoms with E-state index >= 15 is 0 Å². The van der Waals surface area contributed by atoms with Gasteiger partial charge >= 0.3 is 0 Å². The minimum absolute atomic E-state index is 0.331. The molecule has 2 rings (SSSR count). The number of halogens is 1. The molecular weight excluding hydrogens is 385 g/mol.